The van der Waals surface area contributed by atoms with Crippen LogP contribution in [0.5, 0.6) is 0 Å². The number of nitrogens with zero attached hydrogens (tertiary/aromatic N) is 3. The normalized spacial score (nSPS) is 12.2. The van der Waals surface area contributed by atoms with Crippen LogP contribution in [0.1, 0.15) is 60.8 Å². The van der Waals surface area contributed by atoms with E-state index in [-0.39, 0.29) is 13.0 Å². The highest BCUT2D eigenvalue weighted by Gasteiger charge is 2.47. The van der Waals surface area contributed by atoms with Gasteiger partial charge in [0.15, 0.2) is 0 Å². The number of halogens is 1. The summed E-state index contributed by atoms with van der Waals surface area (Å²) < 4.78 is 10.8. The van der Waals surface area contributed by atoms with E-state index in [2.05, 4.69) is 15.5 Å². The van der Waals surface area contributed by atoms with Gasteiger partial charge in [-0.2, -0.15) is 5.10 Å². The lowest BCUT2D eigenvalue weighted by atomic mass is 9.93. The van der Waals surface area contributed by atoms with Crippen molar-refractivity contribution in [1.82, 2.24) is 20.3 Å². The predicted molar refractivity (Wildman–Crippen MR) is 132 cm³/mol. The van der Waals surface area contributed by atoms with Crippen LogP contribution in [0.2, 0.25) is 5.02 Å². The maximum Gasteiger partial charge on any atom is 0.359 e. The Bertz CT molecular complexity index is 1010. The summed E-state index contributed by atoms with van der Waals surface area (Å²) in [5, 5.41) is 11.5. The molecular formula is C24H34ClN5O5. The first kappa shape index (κ1) is 28.3. The monoisotopic (exact) mass is 507 g/mol. The second kappa shape index (κ2) is 11.2. The lowest BCUT2D eigenvalue weighted by molar-refractivity contribution is -0.177. The molecule has 1 aromatic carbocycles. The third kappa shape index (κ3) is 8.63. The Balaban J connectivity index is 1.93. The van der Waals surface area contributed by atoms with Gasteiger partial charge in [0, 0.05) is 17.1 Å². The number of aromatic nitrogens is 3. The van der Waals surface area contributed by atoms with Gasteiger partial charge >= 0.3 is 18.0 Å². The number of unbranched alkanes of at least 4 members (excludes halogenated alkanes) is 1. The van der Waals surface area contributed by atoms with Gasteiger partial charge in [-0.1, -0.05) is 28.5 Å². The number of hydrogen-bond acceptors (Lipinski definition) is 8. The molecule has 0 saturated heterocycles. The second-order valence-corrected chi connectivity index (χ2v) is 10.6. The average molecular weight is 508 g/mol. The number of rotatable bonds is 8. The van der Waals surface area contributed by atoms with Gasteiger partial charge in [-0.05, 0) is 72.9 Å². The van der Waals surface area contributed by atoms with Crippen LogP contribution in [-0.2, 0) is 19.1 Å². The number of carbonyl (C=O) groups excluding carboxylic acids is 3. The topological polar surface area (TPSA) is 138 Å². The lowest BCUT2D eigenvalue weighted by Gasteiger charge is -2.32. The van der Waals surface area contributed by atoms with Crippen molar-refractivity contribution in [3.8, 4) is 11.3 Å². The van der Waals surface area contributed by atoms with E-state index in [9.17, 15) is 14.4 Å². The summed E-state index contributed by atoms with van der Waals surface area (Å²) in [6.07, 6.45) is 2.28. The fourth-order valence-corrected chi connectivity index (χ4v) is 3.06. The van der Waals surface area contributed by atoms with Crippen LogP contribution in [0.3, 0.4) is 0 Å². The Morgan fingerprint density at radius 2 is 1.51 bits per heavy atom. The van der Waals surface area contributed by atoms with E-state index < -0.39 is 34.7 Å². The van der Waals surface area contributed by atoms with Gasteiger partial charge in [0.2, 0.25) is 5.54 Å². The molecule has 3 N–H and O–H groups in total. The van der Waals surface area contributed by atoms with E-state index in [4.69, 9.17) is 26.8 Å². The molecule has 0 bridgehead atoms. The first-order valence-corrected chi connectivity index (χ1v) is 11.7. The molecule has 0 saturated carbocycles. The van der Waals surface area contributed by atoms with Crippen LogP contribution >= 0.6 is 11.6 Å². The zero-order valence-corrected chi connectivity index (χ0v) is 21.8. The highest BCUT2D eigenvalue weighted by atomic mass is 35.5. The molecule has 10 nitrogen and oxygen atoms in total. The quantitative estimate of drug-likeness (QED) is 0.313. The van der Waals surface area contributed by atoms with Crippen molar-refractivity contribution in [3.63, 3.8) is 0 Å². The van der Waals surface area contributed by atoms with Crippen LogP contribution in [0, 0.1) is 0 Å². The number of ether oxygens (including phenoxy) is 2. The SMILES string of the molecule is CC(C)(C)OC(=O)C(N)(CCCCNC(=O)n1ncc(-c2ccc(Cl)cc2)n1)C(=O)OC(C)(C)C. The number of hydrogen-bond donors (Lipinski definition) is 2. The van der Waals surface area contributed by atoms with Gasteiger partial charge in [0.25, 0.3) is 0 Å². The molecule has 2 rings (SSSR count). The Morgan fingerprint density at radius 1 is 0.971 bits per heavy atom. The first-order chi connectivity index (χ1) is 16.1. The molecule has 1 amide bonds. The number of nitrogens with one attached hydrogen (secondary N) is 1. The van der Waals surface area contributed by atoms with Gasteiger partial charge < -0.3 is 20.5 Å². The molecule has 0 aliphatic rings. The maximum atomic E-state index is 12.8. The summed E-state index contributed by atoms with van der Waals surface area (Å²) in [4.78, 5) is 38.8. The van der Waals surface area contributed by atoms with E-state index in [1.807, 2.05) is 0 Å². The molecular weight excluding hydrogens is 474 g/mol. The summed E-state index contributed by atoms with van der Waals surface area (Å²) in [7, 11) is 0. The molecule has 0 aliphatic heterocycles. The second-order valence-electron chi connectivity index (χ2n) is 10.2. The van der Waals surface area contributed by atoms with Crippen molar-refractivity contribution in [1.29, 1.82) is 0 Å². The van der Waals surface area contributed by atoms with E-state index in [0.29, 0.717) is 23.6 Å². The summed E-state index contributed by atoms with van der Waals surface area (Å²) in [5.41, 5.74) is 3.94. The number of carbonyl (C=O) groups is 3. The van der Waals surface area contributed by atoms with Crippen molar-refractivity contribution >= 4 is 29.6 Å². The molecule has 0 fully saturated rings. The van der Waals surface area contributed by atoms with Crippen LogP contribution in [-0.4, -0.2) is 56.2 Å². The van der Waals surface area contributed by atoms with Crippen LogP contribution in [0.15, 0.2) is 30.5 Å². The maximum absolute atomic E-state index is 12.8. The average Bonchev–Trinajstić information content (AvgIpc) is 3.21. The predicted octanol–water partition coefficient (Wildman–Crippen LogP) is 3.71. The highest BCUT2D eigenvalue weighted by Crippen LogP contribution is 2.23. The molecule has 192 valence electrons. The van der Waals surface area contributed by atoms with E-state index in [1.54, 1.807) is 65.8 Å². The van der Waals surface area contributed by atoms with Crippen LogP contribution in [0.4, 0.5) is 4.79 Å². The van der Waals surface area contributed by atoms with Crippen molar-refractivity contribution in [3.05, 3.63) is 35.5 Å². The molecule has 11 heteroatoms. The Kier molecular flexibility index (Phi) is 9.02. The standard InChI is InChI=1S/C24H34ClN5O5/c1-22(2,3)34-19(31)24(26,20(32)35-23(4,5)6)13-7-8-14-27-21(33)30-28-15-18(29-30)16-9-11-17(25)12-10-16/h9-12,15H,7-8,13-14,26H2,1-6H3,(H,27,33). The van der Waals surface area contributed by atoms with Gasteiger partial charge in [0.1, 0.15) is 16.9 Å². The van der Waals surface area contributed by atoms with Crippen molar-refractivity contribution in [2.75, 3.05) is 6.54 Å². The molecule has 0 aliphatic carbocycles. The minimum atomic E-state index is -1.96. The van der Waals surface area contributed by atoms with Crippen molar-refractivity contribution in [2.24, 2.45) is 5.73 Å². The van der Waals surface area contributed by atoms with Crippen molar-refractivity contribution in [2.45, 2.75) is 77.5 Å². The van der Waals surface area contributed by atoms with E-state index >= 15 is 0 Å². The highest BCUT2D eigenvalue weighted by molar-refractivity contribution is 6.30. The largest absolute Gasteiger partial charge is 0.458 e. The minimum Gasteiger partial charge on any atom is -0.458 e. The number of esters is 2. The summed E-state index contributed by atoms with van der Waals surface area (Å²) in [6.45, 7) is 10.4. The molecule has 1 aromatic heterocycles. The third-order valence-corrected chi connectivity index (χ3v) is 4.87. The van der Waals surface area contributed by atoms with E-state index in [1.165, 1.54) is 6.20 Å². The zero-order valence-electron chi connectivity index (χ0n) is 21.1. The van der Waals surface area contributed by atoms with E-state index in [0.717, 1.165) is 10.4 Å². The Morgan fingerprint density at radius 3 is 2.03 bits per heavy atom. The zero-order chi connectivity index (χ0) is 26.4. The third-order valence-electron chi connectivity index (χ3n) is 4.61. The molecule has 0 radical (unpaired) electrons. The minimum absolute atomic E-state index is 0.00652. The fourth-order valence-electron chi connectivity index (χ4n) is 2.93. The lowest BCUT2D eigenvalue weighted by Crippen LogP contribution is -2.59. The molecule has 0 atom stereocenters. The molecule has 35 heavy (non-hydrogen) atoms. The number of benzene rings is 1. The molecule has 0 spiro atoms. The number of nitrogens with two attached hydrogens (primary N) is 1. The smallest absolute Gasteiger partial charge is 0.359 e. The van der Waals surface area contributed by atoms with Crippen molar-refractivity contribution < 1.29 is 23.9 Å². The Hall–Kier alpha value is -2.98. The molecule has 2 aromatic rings. The van der Waals surface area contributed by atoms with Gasteiger partial charge in [-0.3, -0.25) is 0 Å². The summed E-state index contributed by atoms with van der Waals surface area (Å²) >= 11 is 5.89. The molecule has 1 heterocycles. The number of amides is 1. The van der Waals surface area contributed by atoms with Gasteiger partial charge in [-0.25, -0.2) is 14.4 Å². The van der Waals surface area contributed by atoms with Crippen LogP contribution < -0.4 is 11.1 Å². The first-order valence-electron chi connectivity index (χ1n) is 11.3. The van der Waals surface area contributed by atoms with Gasteiger partial charge in [-0.15, -0.1) is 5.10 Å². The molecule has 0 unspecified atom stereocenters. The Labute approximate surface area is 210 Å². The van der Waals surface area contributed by atoms with Crippen LogP contribution in [0.25, 0.3) is 11.3 Å². The summed E-state index contributed by atoms with van der Waals surface area (Å²) in [5.74, 6) is -1.70. The van der Waals surface area contributed by atoms with Gasteiger partial charge in [0.05, 0.1) is 6.20 Å². The fraction of sp³-hybridized carbons (Fsp3) is 0.542. The summed E-state index contributed by atoms with van der Waals surface area (Å²) in [6, 6.07) is 6.50.